The summed E-state index contributed by atoms with van der Waals surface area (Å²) in [4.78, 5) is 26.0. The smallest absolute Gasteiger partial charge is 0.355 e. The first-order valence-corrected chi connectivity index (χ1v) is 6.45. The molecule has 0 bridgehead atoms. The minimum Gasteiger partial charge on any atom is -0.476 e. The molecular formula is C9H11N7O3S. The number of aromatic carboxylic acids is 1. The van der Waals surface area contributed by atoms with Crippen molar-refractivity contribution in [1.29, 1.82) is 0 Å². The van der Waals surface area contributed by atoms with Crippen molar-refractivity contribution in [3.8, 4) is 0 Å². The molecule has 0 aliphatic carbocycles. The fraction of sp³-hybridized carbons (Fsp3) is 0.333. The lowest BCUT2D eigenvalue weighted by Gasteiger charge is -2.04. The fourth-order valence-electron chi connectivity index (χ4n) is 1.29. The van der Waals surface area contributed by atoms with E-state index in [2.05, 4.69) is 36.2 Å². The van der Waals surface area contributed by atoms with Crippen LogP contribution in [0.4, 0.5) is 4.79 Å². The highest BCUT2D eigenvalue weighted by Gasteiger charge is 2.09. The normalized spacial score (nSPS) is 10.2. The molecule has 2 rings (SSSR count). The molecule has 4 N–H and O–H groups in total. The average Bonchev–Trinajstić information content (AvgIpc) is 3.07. The molecule has 10 nitrogen and oxygen atoms in total. The molecule has 0 saturated carbocycles. The van der Waals surface area contributed by atoms with Crippen LogP contribution in [0.5, 0.6) is 0 Å². The number of urea groups is 1. The van der Waals surface area contributed by atoms with Crippen LogP contribution in [0.2, 0.25) is 0 Å². The molecule has 0 unspecified atom stereocenters. The van der Waals surface area contributed by atoms with Crippen molar-refractivity contribution in [2.45, 2.75) is 13.0 Å². The van der Waals surface area contributed by atoms with Gasteiger partial charge in [0.1, 0.15) is 0 Å². The largest absolute Gasteiger partial charge is 0.476 e. The van der Waals surface area contributed by atoms with Gasteiger partial charge in [-0.3, -0.25) is 0 Å². The number of rotatable bonds is 6. The monoisotopic (exact) mass is 297 g/mol. The molecule has 0 atom stereocenters. The number of nitrogens with zero attached hydrogens (tertiary/aromatic N) is 4. The molecule has 2 aromatic rings. The molecule has 2 amide bonds. The van der Waals surface area contributed by atoms with Crippen LogP contribution in [0, 0.1) is 0 Å². The second-order valence-electron chi connectivity index (χ2n) is 3.62. The minimum atomic E-state index is -1.06. The van der Waals surface area contributed by atoms with Gasteiger partial charge in [0, 0.05) is 18.3 Å². The highest BCUT2D eigenvalue weighted by molar-refractivity contribution is 7.09. The number of aromatic amines is 1. The summed E-state index contributed by atoms with van der Waals surface area (Å²) in [6, 6.07) is -0.371. The lowest BCUT2D eigenvalue weighted by atomic mass is 10.4. The van der Waals surface area contributed by atoms with E-state index < -0.39 is 5.97 Å². The van der Waals surface area contributed by atoms with Crippen LogP contribution < -0.4 is 10.6 Å². The standard InChI is InChI=1S/C9H11N7O3S/c17-8(18)5-4-20-7(12-5)1-2-10-9(19)11-3-6-13-15-16-14-6/h4H,1-3H2,(H,17,18)(H2,10,11,19)(H,13,14,15,16). The van der Waals surface area contributed by atoms with Crippen molar-refractivity contribution in [2.24, 2.45) is 0 Å². The number of hydrogen-bond donors (Lipinski definition) is 4. The quantitative estimate of drug-likeness (QED) is 0.556. The maximum atomic E-state index is 11.4. The Hall–Kier alpha value is -2.56. The van der Waals surface area contributed by atoms with E-state index in [1.54, 1.807) is 0 Å². The second-order valence-corrected chi connectivity index (χ2v) is 4.56. The topological polar surface area (TPSA) is 146 Å². The van der Waals surface area contributed by atoms with E-state index in [9.17, 15) is 9.59 Å². The zero-order chi connectivity index (χ0) is 14.4. The van der Waals surface area contributed by atoms with E-state index in [1.807, 2.05) is 0 Å². The van der Waals surface area contributed by atoms with Gasteiger partial charge in [0.15, 0.2) is 11.5 Å². The Bertz CT molecular complexity index is 582. The van der Waals surface area contributed by atoms with E-state index in [4.69, 9.17) is 5.11 Å². The zero-order valence-electron chi connectivity index (χ0n) is 10.2. The average molecular weight is 297 g/mol. The fourth-order valence-corrected chi connectivity index (χ4v) is 2.06. The number of aromatic nitrogens is 5. The van der Waals surface area contributed by atoms with E-state index in [1.165, 1.54) is 16.7 Å². The predicted octanol–water partition coefficient (Wildman–Crippen LogP) is -0.604. The van der Waals surface area contributed by atoms with Gasteiger partial charge in [0.05, 0.1) is 11.6 Å². The van der Waals surface area contributed by atoms with Gasteiger partial charge in [0.2, 0.25) is 0 Å². The highest BCUT2D eigenvalue weighted by atomic mass is 32.1. The summed E-state index contributed by atoms with van der Waals surface area (Å²) < 4.78 is 0. The third-order valence-corrected chi connectivity index (χ3v) is 3.10. The van der Waals surface area contributed by atoms with Crippen molar-refractivity contribution >= 4 is 23.3 Å². The van der Waals surface area contributed by atoms with Gasteiger partial charge < -0.3 is 15.7 Å². The Kier molecular flexibility index (Phi) is 4.55. The molecule has 106 valence electrons. The summed E-state index contributed by atoms with van der Waals surface area (Å²) in [5.74, 6) is -0.676. The molecule has 0 radical (unpaired) electrons. The van der Waals surface area contributed by atoms with Gasteiger partial charge in [0.25, 0.3) is 0 Å². The van der Waals surface area contributed by atoms with Gasteiger partial charge in [-0.25, -0.2) is 14.6 Å². The number of carbonyl (C=O) groups is 2. The number of H-pyrrole nitrogens is 1. The Morgan fingerprint density at radius 1 is 1.40 bits per heavy atom. The minimum absolute atomic E-state index is 0.0200. The summed E-state index contributed by atoms with van der Waals surface area (Å²) >= 11 is 1.24. The second kappa shape index (κ2) is 6.56. The van der Waals surface area contributed by atoms with Crippen LogP contribution in [0.25, 0.3) is 0 Å². The molecule has 2 aromatic heterocycles. The molecule has 0 saturated heterocycles. The molecule has 2 heterocycles. The maximum absolute atomic E-state index is 11.4. The van der Waals surface area contributed by atoms with Crippen molar-refractivity contribution in [3.05, 3.63) is 21.9 Å². The van der Waals surface area contributed by atoms with E-state index in [0.717, 1.165) is 0 Å². The van der Waals surface area contributed by atoms with E-state index >= 15 is 0 Å². The number of thiazole rings is 1. The predicted molar refractivity (Wildman–Crippen MR) is 67.2 cm³/mol. The summed E-state index contributed by atoms with van der Waals surface area (Å²) in [5, 5.41) is 29.0. The molecule has 0 aromatic carbocycles. The summed E-state index contributed by atoms with van der Waals surface area (Å²) in [6.07, 6.45) is 0.466. The summed E-state index contributed by atoms with van der Waals surface area (Å²) in [6.45, 7) is 0.521. The van der Waals surface area contributed by atoms with Crippen LogP contribution in [0.3, 0.4) is 0 Å². The van der Waals surface area contributed by atoms with Crippen LogP contribution in [-0.2, 0) is 13.0 Å². The van der Waals surface area contributed by atoms with Crippen LogP contribution >= 0.6 is 11.3 Å². The molecule has 0 fully saturated rings. The molecule has 11 heteroatoms. The van der Waals surface area contributed by atoms with Crippen LogP contribution in [0.15, 0.2) is 5.38 Å². The number of hydrogen-bond acceptors (Lipinski definition) is 7. The van der Waals surface area contributed by atoms with Crippen LogP contribution in [0.1, 0.15) is 21.3 Å². The lowest BCUT2D eigenvalue weighted by Crippen LogP contribution is -2.36. The maximum Gasteiger partial charge on any atom is 0.355 e. The first kappa shape index (κ1) is 13.9. The van der Waals surface area contributed by atoms with Crippen molar-refractivity contribution in [3.63, 3.8) is 0 Å². The van der Waals surface area contributed by atoms with Crippen molar-refractivity contribution < 1.29 is 14.7 Å². The summed E-state index contributed by atoms with van der Waals surface area (Å²) in [7, 11) is 0. The molecule has 0 spiro atoms. The van der Waals surface area contributed by atoms with Crippen LogP contribution in [-0.4, -0.2) is 49.3 Å². The summed E-state index contributed by atoms with van der Waals surface area (Å²) in [5.41, 5.74) is 0.0200. The highest BCUT2D eigenvalue weighted by Crippen LogP contribution is 2.09. The Labute approximate surface area is 116 Å². The molecule has 0 aliphatic rings. The zero-order valence-corrected chi connectivity index (χ0v) is 11.0. The Balaban J connectivity index is 1.67. The molecular weight excluding hydrogens is 286 g/mol. The third kappa shape index (κ3) is 3.98. The van der Waals surface area contributed by atoms with Gasteiger partial charge in [-0.1, -0.05) is 5.21 Å². The van der Waals surface area contributed by atoms with Gasteiger partial charge >= 0.3 is 12.0 Å². The Morgan fingerprint density at radius 3 is 2.90 bits per heavy atom. The Morgan fingerprint density at radius 2 is 2.25 bits per heavy atom. The van der Waals surface area contributed by atoms with Gasteiger partial charge in [-0.15, -0.1) is 21.5 Å². The number of carboxylic acids is 1. The number of tetrazole rings is 1. The van der Waals surface area contributed by atoms with Crippen molar-refractivity contribution in [1.82, 2.24) is 36.2 Å². The third-order valence-electron chi connectivity index (χ3n) is 2.19. The van der Waals surface area contributed by atoms with Gasteiger partial charge in [-0.2, -0.15) is 5.21 Å². The lowest BCUT2D eigenvalue weighted by molar-refractivity contribution is 0.0691. The number of carbonyl (C=O) groups excluding carboxylic acids is 1. The van der Waals surface area contributed by atoms with E-state index in [-0.39, 0.29) is 18.3 Å². The van der Waals surface area contributed by atoms with Crippen molar-refractivity contribution in [2.75, 3.05) is 6.54 Å². The number of amides is 2. The SMILES string of the molecule is O=C(NCCc1nc(C(=O)O)cs1)NCc1nn[nH]n1. The number of carboxylic acid groups (broad SMARTS) is 1. The first-order valence-electron chi connectivity index (χ1n) is 5.57. The molecule has 0 aliphatic heterocycles. The van der Waals surface area contributed by atoms with E-state index in [0.29, 0.717) is 23.8 Å². The first-order chi connectivity index (χ1) is 9.65. The van der Waals surface area contributed by atoms with Gasteiger partial charge in [-0.05, 0) is 0 Å². The molecule has 20 heavy (non-hydrogen) atoms. The number of nitrogens with one attached hydrogen (secondary N) is 3.